The predicted octanol–water partition coefficient (Wildman–Crippen LogP) is 4.75. The number of nitrogens with zero attached hydrogens (tertiary/aromatic N) is 2. The average Bonchev–Trinajstić information content (AvgIpc) is 2.84. The lowest BCUT2D eigenvalue weighted by atomic mass is 9.78. The molecule has 3 N–H and O–H groups in total. The normalized spacial score (nSPS) is 14.2. The lowest BCUT2D eigenvalue weighted by molar-refractivity contribution is 0.299. The summed E-state index contributed by atoms with van der Waals surface area (Å²) in [7, 11) is -3.67. The van der Waals surface area contributed by atoms with Gasteiger partial charge in [-0.3, -0.25) is 4.55 Å². The van der Waals surface area contributed by atoms with Crippen LogP contribution in [0.4, 0.5) is 16.0 Å². The maximum absolute atomic E-state index is 14.6. The van der Waals surface area contributed by atoms with Crippen molar-refractivity contribution in [2.75, 3.05) is 18.2 Å². The first-order valence-corrected chi connectivity index (χ1v) is 13.2. The third-order valence-electron chi connectivity index (χ3n) is 5.74. The van der Waals surface area contributed by atoms with Gasteiger partial charge in [0.15, 0.2) is 0 Å². The maximum atomic E-state index is 14.6. The highest BCUT2D eigenvalue weighted by atomic mass is 32.2. The standard InChI is InChI=1S/C26H22FN3O.CH4O3S/c27-24-11-4-3-9-21(24)23-15-18-16-28-26(29-19-7-5-6-17(14-19)12-13-31)30-25(18)22-10-2-1-8-20(22)23;1-5(2,3)4/h1-11,14,16,23,31H,12-13,15H2,(H,28,29,30);1H3,(H,2,3,4). The van der Waals surface area contributed by atoms with Crippen molar-refractivity contribution in [1.82, 2.24) is 9.97 Å². The van der Waals surface area contributed by atoms with Crippen LogP contribution in [0.2, 0.25) is 0 Å². The lowest BCUT2D eigenvalue weighted by Gasteiger charge is -2.27. The number of fused-ring (bicyclic) bond motifs is 3. The highest BCUT2D eigenvalue weighted by molar-refractivity contribution is 7.85. The Hall–Kier alpha value is -3.66. The van der Waals surface area contributed by atoms with E-state index >= 15 is 0 Å². The van der Waals surface area contributed by atoms with E-state index in [4.69, 9.17) is 9.54 Å². The Kier molecular flexibility index (Phi) is 7.73. The van der Waals surface area contributed by atoms with Crippen molar-refractivity contribution in [2.24, 2.45) is 0 Å². The van der Waals surface area contributed by atoms with Crippen molar-refractivity contribution in [3.05, 3.63) is 107 Å². The highest BCUT2D eigenvalue weighted by Gasteiger charge is 2.28. The molecule has 1 atom stereocenters. The number of benzene rings is 3. The largest absolute Gasteiger partial charge is 0.396 e. The van der Waals surface area contributed by atoms with Gasteiger partial charge in [-0.2, -0.15) is 8.42 Å². The van der Waals surface area contributed by atoms with Crippen LogP contribution < -0.4 is 5.32 Å². The van der Waals surface area contributed by atoms with Gasteiger partial charge in [-0.1, -0.05) is 54.6 Å². The first kappa shape index (κ1) is 25.4. The zero-order valence-electron chi connectivity index (χ0n) is 19.6. The first-order valence-electron chi connectivity index (χ1n) is 11.3. The van der Waals surface area contributed by atoms with Crippen LogP contribution in [0.3, 0.4) is 0 Å². The minimum Gasteiger partial charge on any atom is -0.396 e. The monoisotopic (exact) mass is 507 g/mol. The van der Waals surface area contributed by atoms with Crippen LogP contribution in [0.15, 0.2) is 79.0 Å². The van der Waals surface area contributed by atoms with Gasteiger partial charge < -0.3 is 10.4 Å². The zero-order valence-corrected chi connectivity index (χ0v) is 20.4. The molecule has 1 unspecified atom stereocenters. The van der Waals surface area contributed by atoms with E-state index in [0.29, 0.717) is 30.6 Å². The summed E-state index contributed by atoms with van der Waals surface area (Å²) < 4.78 is 40.4. The number of nitrogens with one attached hydrogen (secondary N) is 1. The molecule has 0 saturated heterocycles. The number of aromatic nitrogens is 2. The van der Waals surface area contributed by atoms with E-state index < -0.39 is 10.1 Å². The molecule has 1 heterocycles. The molecule has 0 aliphatic heterocycles. The number of halogens is 1. The van der Waals surface area contributed by atoms with E-state index in [9.17, 15) is 17.9 Å². The van der Waals surface area contributed by atoms with Crippen molar-refractivity contribution < 1.29 is 22.5 Å². The van der Waals surface area contributed by atoms with Gasteiger partial charge >= 0.3 is 0 Å². The Morgan fingerprint density at radius 1 is 1.03 bits per heavy atom. The number of aliphatic hydroxyl groups excluding tert-OH is 1. The Bertz CT molecular complexity index is 1470. The summed E-state index contributed by atoms with van der Waals surface area (Å²) in [6.07, 6.45) is 3.81. The van der Waals surface area contributed by atoms with E-state index in [1.807, 2.05) is 60.8 Å². The van der Waals surface area contributed by atoms with E-state index in [1.54, 1.807) is 6.07 Å². The van der Waals surface area contributed by atoms with Crippen molar-refractivity contribution in [3.63, 3.8) is 0 Å². The molecule has 4 aromatic rings. The molecule has 1 aromatic heterocycles. The lowest BCUT2D eigenvalue weighted by Crippen LogP contribution is -2.16. The molecule has 1 aliphatic rings. The van der Waals surface area contributed by atoms with E-state index in [1.165, 1.54) is 6.07 Å². The molecule has 0 fully saturated rings. The summed E-state index contributed by atoms with van der Waals surface area (Å²) in [5, 5.41) is 12.4. The summed E-state index contributed by atoms with van der Waals surface area (Å²) in [4.78, 5) is 9.33. The van der Waals surface area contributed by atoms with E-state index in [-0.39, 0.29) is 18.3 Å². The Morgan fingerprint density at radius 3 is 2.44 bits per heavy atom. The van der Waals surface area contributed by atoms with Crippen molar-refractivity contribution in [2.45, 2.75) is 18.8 Å². The molecular formula is C27H26FN3O4S. The minimum absolute atomic E-state index is 0.0672. The van der Waals surface area contributed by atoms with Gasteiger partial charge in [0.05, 0.1) is 11.9 Å². The summed E-state index contributed by atoms with van der Waals surface area (Å²) >= 11 is 0. The molecule has 0 bridgehead atoms. The second kappa shape index (κ2) is 10.9. The fourth-order valence-electron chi connectivity index (χ4n) is 4.29. The molecule has 186 valence electrons. The number of aliphatic hydroxyl groups is 1. The van der Waals surface area contributed by atoms with Gasteiger partial charge in [-0.25, -0.2) is 14.4 Å². The molecule has 0 saturated carbocycles. The van der Waals surface area contributed by atoms with Crippen LogP contribution in [0.25, 0.3) is 11.3 Å². The average molecular weight is 508 g/mol. The number of hydrogen-bond donors (Lipinski definition) is 3. The Balaban J connectivity index is 0.000000556. The summed E-state index contributed by atoms with van der Waals surface area (Å²) in [5.74, 6) is 0.259. The summed E-state index contributed by atoms with van der Waals surface area (Å²) in [5.41, 5.74) is 6.59. The fraction of sp³-hybridized carbons (Fsp3) is 0.185. The third-order valence-corrected chi connectivity index (χ3v) is 5.74. The molecule has 36 heavy (non-hydrogen) atoms. The summed E-state index contributed by atoms with van der Waals surface area (Å²) in [6, 6.07) is 22.9. The smallest absolute Gasteiger partial charge is 0.261 e. The first-order chi connectivity index (χ1) is 17.2. The van der Waals surface area contributed by atoms with Crippen LogP contribution in [0.5, 0.6) is 0 Å². The van der Waals surface area contributed by atoms with E-state index in [2.05, 4.69) is 16.4 Å². The minimum atomic E-state index is -3.67. The van der Waals surface area contributed by atoms with Gasteiger partial charge in [0.25, 0.3) is 10.1 Å². The molecule has 5 rings (SSSR count). The second-order valence-electron chi connectivity index (χ2n) is 8.46. The topological polar surface area (TPSA) is 112 Å². The second-order valence-corrected chi connectivity index (χ2v) is 9.93. The third kappa shape index (κ3) is 6.31. The van der Waals surface area contributed by atoms with Crippen molar-refractivity contribution >= 4 is 21.8 Å². The number of rotatable bonds is 5. The quantitative estimate of drug-likeness (QED) is 0.334. The fourth-order valence-corrected chi connectivity index (χ4v) is 4.29. The molecule has 0 radical (unpaired) electrons. The molecule has 1 aliphatic carbocycles. The molecular weight excluding hydrogens is 481 g/mol. The summed E-state index contributed by atoms with van der Waals surface area (Å²) in [6.45, 7) is 0.110. The highest BCUT2D eigenvalue weighted by Crippen LogP contribution is 2.42. The van der Waals surface area contributed by atoms with Crippen molar-refractivity contribution in [1.29, 1.82) is 0 Å². The van der Waals surface area contributed by atoms with Crippen LogP contribution in [0.1, 0.15) is 28.2 Å². The Labute approximate surface area is 209 Å². The van der Waals surface area contributed by atoms with Gasteiger partial charge in [-0.15, -0.1) is 0 Å². The molecule has 0 spiro atoms. The Morgan fingerprint density at radius 2 is 1.72 bits per heavy atom. The van der Waals surface area contributed by atoms with Gasteiger partial charge in [0, 0.05) is 30.0 Å². The zero-order chi connectivity index (χ0) is 25.7. The van der Waals surface area contributed by atoms with E-state index in [0.717, 1.165) is 33.6 Å². The SMILES string of the molecule is CS(=O)(=O)O.OCCc1cccc(Nc2ncc3c(n2)-c2ccccc2C(c2ccccc2F)C3)c1. The van der Waals surface area contributed by atoms with Gasteiger partial charge in [0.2, 0.25) is 5.95 Å². The van der Waals surface area contributed by atoms with Crippen molar-refractivity contribution in [3.8, 4) is 11.3 Å². The maximum Gasteiger partial charge on any atom is 0.261 e. The van der Waals surface area contributed by atoms with Crippen LogP contribution in [-0.4, -0.2) is 40.9 Å². The predicted molar refractivity (Wildman–Crippen MR) is 137 cm³/mol. The van der Waals surface area contributed by atoms with Crippen LogP contribution in [0, 0.1) is 5.82 Å². The molecule has 9 heteroatoms. The van der Waals surface area contributed by atoms with Crippen LogP contribution in [-0.2, 0) is 23.0 Å². The number of hydrogen-bond acceptors (Lipinski definition) is 6. The molecule has 0 amide bonds. The van der Waals surface area contributed by atoms with Gasteiger partial charge in [0.1, 0.15) is 5.82 Å². The van der Waals surface area contributed by atoms with Gasteiger partial charge in [-0.05, 0) is 53.3 Å². The number of anilines is 2. The van der Waals surface area contributed by atoms with Crippen LogP contribution >= 0.6 is 0 Å². The molecule has 3 aromatic carbocycles. The molecule has 7 nitrogen and oxygen atoms in total.